The van der Waals surface area contributed by atoms with Crippen molar-refractivity contribution < 1.29 is 19.4 Å². The van der Waals surface area contributed by atoms with Gasteiger partial charge in [0.25, 0.3) is 0 Å². The second-order valence-corrected chi connectivity index (χ2v) is 9.28. The third-order valence-electron chi connectivity index (χ3n) is 5.96. The van der Waals surface area contributed by atoms with E-state index in [-0.39, 0.29) is 6.42 Å². The number of nitrogens with one attached hydrogen (secondary N) is 1. The van der Waals surface area contributed by atoms with Crippen molar-refractivity contribution >= 4 is 50.9 Å². The Morgan fingerprint density at radius 2 is 1.76 bits per heavy atom. The van der Waals surface area contributed by atoms with Crippen LogP contribution < -0.4 is 14.8 Å². The molecule has 3 aromatic carbocycles. The molecule has 1 fully saturated rings. The maximum atomic E-state index is 11.0. The minimum absolute atomic E-state index is 0.0357. The summed E-state index contributed by atoms with van der Waals surface area (Å²) in [6.07, 6.45) is 2.52. The van der Waals surface area contributed by atoms with Gasteiger partial charge in [-0.05, 0) is 41.8 Å². The lowest BCUT2D eigenvalue weighted by Crippen LogP contribution is -2.02. The molecule has 1 heterocycles. The number of rotatable bonds is 9. The van der Waals surface area contributed by atoms with E-state index in [2.05, 4.69) is 40.6 Å². The number of nitrogens with zero attached hydrogens (tertiary/aromatic N) is 2. The van der Waals surface area contributed by atoms with Crippen molar-refractivity contribution in [3.05, 3.63) is 54.1 Å². The fourth-order valence-corrected chi connectivity index (χ4v) is 4.91. The van der Waals surface area contributed by atoms with Crippen LogP contribution in [0.2, 0.25) is 0 Å². The van der Waals surface area contributed by atoms with E-state index in [0.29, 0.717) is 39.7 Å². The van der Waals surface area contributed by atoms with Crippen molar-refractivity contribution in [2.45, 2.75) is 30.3 Å². The minimum Gasteiger partial charge on any atom is -0.493 e. The summed E-state index contributed by atoms with van der Waals surface area (Å²) in [7, 11) is 3.18. The van der Waals surface area contributed by atoms with Crippen LogP contribution in [0, 0.1) is 0 Å². The summed E-state index contributed by atoms with van der Waals surface area (Å²) in [6, 6.07) is 16.4. The van der Waals surface area contributed by atoms with Crippen LogP contribution in [0.5, 0.6) is 11.5 Å². The van der Waals surface area contributed by atoms with E-state index in [1.807, 2.05) is 18.2 Å². The number of ether oxygens (including phenoxy) is 2. The second-order valence-electron chi connectivity index (χ2n) is 8.22. The van der Waals surface area contributed by atoms with E-state index >= 15 is 0 Å². The highest BCUT2D eigenvalue weighted by molar-refractivity contribution is 7.99. The maximum absolute atomic E-state index is 11.0. The second kappa shape index (κ2) is 9.38. The number of thioether (sulfide) groups is 1. The SMILES string of the molecule is COc1cc2nc(SCCC(=O)O)nc(Nc3ccc(C4CC4)c4ccccc34)c2cc1OC. The van der Waals surface area contributed by atoms with Gasteiger partial charge >= 0.3 is 5.97 Å². The summed E-state index contributed by atoms with van der Waals surface area (Å²) in [4.78, 5) is 20.4. The largest absolute Gasteiger partial charge is 0.493 e. The van der Waals surface area contributed by atoms with E-state index < -0.39 is 5.97 Å². The van der Waals surface area contributed by atoms with E-state index in [1.165, 1.54) is 35.6 Å². The molecule has 174 valence electrons. The van der Waals surface area contributed by atoms with Crippen molar-refractivity contribution in [1.29, 1.82) is 0 Å². The van der Waals surface area contributed by atoms with Crippen LogP contribution in [0.4, 0.5) is 11.5 Å². The smallest absolute Gasteiger partial charge is 0.304 e. The average Bonchev–Trinajstić information content (AvgIpc) is 3.68. The molecule has 0 amide bonds. The topological polar surface area (TPSA) is 93.6 Å². The predicted octanol–water partition coefficient (Wildman–Crippen LogP) is 5.99. The van der Waals surface area contributed by atoms with E-state index in [9.17, 15) is 4.79 Å². The molecule has 7 nitrogen and oxygen atoms in total. The van der Waals surface area contributed by atoms with Crippen molar-refractivity contribution in [1.82, 2.24) is 9.97 Å². The number of hydrogen-bond donors (Lipinski definition) is 2. The zero-order valence-corrected chi connectivity index (χ0v) is 19.8. The zero-order valence-electron chi connectivity index (χ0n) is 19.0. The summed E-state index contributed by atoms with van der Waals surface area (Å²) in [5, 5.41) is 16.2. The molecule has 8 heteroatoms. The predicted molar refractivity (Wildman–Crippen MR) is 135 cm³/mol. The quantitative estimate of drug-likeness (QED) is 0.225. The lowest BCUT2D eigenvalue weighted by molar-refractivity contribution is -0.136. The van der Waals surface area contributed by atoms with Crippen LogP contribution in [0.15, 0.2) is 53.7 Å². The normalized spacial score (nSPS) is 13.2. The number of carbonyl (C=O) groups is 1. The van der Waals surface area contributed by atoms with Crippen LogP contribution in [-0.2, 0) is 4.79 Å². The molecule has 1 aliphatic rings. The lowest BCUT2D eigenvalue weighted by Gasteiger charge is -2.16. The van der Waals surface area contributed by atoms with Gasteiger partial charge in [0.2, 0.25) is 0 Å². The van der Waals surface area contributed by atoms with Crippen LogP contribution >= 0.6 is 11.8 Å². The first-order valence-electron chi connectivity index (χ1n) is 11.1. The summed E-state index contributed by atoms with van der Waals surface area (Å²) in [5.74, 6) is 1.97. The number of hydrogen-bond acceptors (Lipinski definition) is 7. The molecule has 4 aromatic rings. The number of carboxylic acids is 1. The molecule has 0 unspecified atom stereocenters. The number of fused-ring (bicyclic) bond motifs is 2. The standard InChI is InChI=1S/C26H25N3O4S/c1-32-22-13-19-21(14-23(22)33-2)28-26(34-12-11-24(30)31)29-25(19)27-20-10-9-16(15-7-8-15)17-5-3-4-6-18(17)20/h3-6,9-10,13-15H,7-8,11-12H2,1-2H3,(H,30,31)(H,27,28,29). The third kappa shape index (κ3) is 4.46. The average molecular weight is 476 g/mol. The Hall–Kier alpha value is -3.52. The highest BCUT2D eigenvalue weighted by atomic mass is 32.2. The molecule has 0 radical (unpaired) electrons. The van der Waals surface area contributed by atoms with Gasteiger partial charge in [0.05, 0.1) is 26.2 Å². The number of methoxy groups -OCH3 is 2. The van der Waals surface area contributed by atoms with Gasteiger partial charge in [-0.1, -0.05) is 42.1 Å². The van der Waals surface area contributed by atoms with Gasteiger partial charge in [0, 0.05) is 28.3 Å². The van der Waals surface area contributed by atoms with E-state index in [4.69, 9.17) is 19.6 Å². The Balaban J connectivity index is 1.61. The monoisotopic (exact) mass is 475 g/mol. The van der Waals surface area contributed by atoms with Crippen LogP contribution in [0.25, 0.3) is 21.7 Å². The van der Waals surface area contributed by atoms with Gasteiger partial charge in [-0.25, -0.2) is 9.97 Å². The fourth-order valence-electron chi connectivity index (χ4n) is 4.13. The molecular weight excluding hydrogens is 450 g/mol. The number of aliphatic carboxylic acids is 1. The number of aromatic nitrogens is 2. The Bertz CT molecular complexity index is 1390. The molecule has 1 aromatic heterocycles. The number of anilines is 2. The highest BCUT2D eigenvalue weighted by Crippen LogP contribution is 2.45. The molecule has 2 N–H and O–H groups in total. The Morgan fingerprint density at radius 1 is 1.03 bits per heavy atom. The van der Waals surface area contributed by atoms with Crippen LogP contribution in [0.3, 0.4) is 0 Å². The highest BCUT2D eigenvalue weighted by Gasteiger charge is 2.25. The van der Waals surface area contributed by atoms with Crippen LogP contribution in [0.1, 0.15) is 30.7 Å². The minimum atomic E-state index is -0.847. The first kappa shape index (κ1) is 22.3. The molecule has 1 saturated carbocycles. The summed E-state index contributed by atoms with van der Waals surface area (Å²) >= 11 is 1.31. The van der Waals surface area contributed by atoms with Gasteiger partial charge < -0.3 is 19.9 Å². The Morgan fingerprint density at radius 3 is 2.47 bits per heavy atom. The summed E-state index contributed by atoms with van der Waals surface area (Å²) < 4.78 is 11.0. The first-order valence-corrected chi connectivity index (χ1v) is 12.1. The summed E-state index contributed by atoms with van der Waals surface area (Å²) in [5.41, 5.74) is 3.04. The number of benzene rings is 3. The third-order valence-corrected chi connectivity index (χ3v) is 6.80. The van der Waals surface area contributed by atoms with Gasteiger partial charge in [0.1, 0.15) is 5.82 Å². The Labute approximate surface area is 201 Å². The molecule has 0 atom stereocenters. The van der Waals surface area contributed by atoms with Crippen molar-refractivity contribution in [2.24, 2.45) is 0 Å². The first-order chi connectivity index (χ1) is 16.6. The lowest BCUT2D eigenvalue weighted by atomic mass is 9.99. The molecule has 0 spiro atoms. The molecule has 5 rings (SSSR count). The van der Waals surface area contributed by atoms with Crippen LogP contribution in [-0.4, -0.2) is 41.0 Å². The molecule has 0 saturated heterocycles. The number of carboxylic acid groups (broad SMARTS) is 1. The molecule has 1 aliphatic carbocycles. The van der Waals surface area contributed by atoms with Crippen molar-refractivity contribution in [3.8, 4) is 11.5 Å². The Kier molecular flexibility index (Phi) is 6.15. The van der Waals surface area contributed by atoms with Gasteiger partial charge in [0.15, 0.2) is 16.7 Å². The molecule has 0 bridgehead atoms. The van der Waals surface area contributed by atoms with E-state index in [0.717, 1.165) is 16.5 Å². The van der Waals surface area contributed by atoms with Crippen molar-refractivity contribution in [2.75, 3.05) is 25.3 Å². The van der Waals surface area contributed by atoms with Crippen molar-refractivity contribution in [3.63, 3.8) is 0 Å². The fraction of sp³-hybridized carbons (Fsp3) is 0.269. The van der Waals surface area contributed by atoms with Gasteiger partial charge in [-0.15, -0.1) is 0 Å². The molecule has 34 heavy (non-hydrogen) atoms. The summed E-state index contributed by atoms with van der Waals surface area (Å²) in [6.45, 7) is 0. The maximum Gasteiger partial charge on any atom is 0.304 e. The zero-order chi connectivity index (χ0) is 23.7. The van der Waals surface area contributed by atoms with Gasteiger partial charge in [-0.2, -0.15) is 0 Å². The van der Waals surface area contributed by atoms with E-state index in [1.54, 1.807) is 14.2 Å². The van der Waals surface area contributed by atoms with Gasteiger partial charge in [-0.3, -0.25) is 4.79 Å². The molecule has 0 aliphatic heterocycles. The molecular formula is C26H25N3O4S.